The zero-order valence-corrected chi connectivity index (χ0v) is 11.0. The van der Waals surface area contributed by atoms with E-state index in [2.05, 4.69) is 27.8 Å². The van der Waals surface area contributed by atoms with Gasteiger partial charge in [0.15, 0.2) is 0 Å². The third-order valence-electron chi connectivity index (χ3n) is 2.24. The predicted molar refractivity (Wildman–Crippen MR) is 67.1 cm³/mol. The predicted octanol–water partition coefficient (Wildman–Crippen LogP) is 2.78. The first-order chi connectivity index (χ1) is 7.60. The maximum atomic E-state index is 11.1. The number of hydrogen-bond donors (Lipinski definition) is 1. The average Bonchev–Trinajstić information content (AvgIpc) is 2.26. The molecule has 0 fully saturated rings. The molecule has 0 aliphatic rings. The van der Waals surface area contributed by atoms with Gasteiger partial charge in [-0.2, -0.15) is 0 Å². The van der Waals surface area contributed by atoms with Crippen LogP contribution in [0.5, 0.6) is 0 Å². The number of rotatable bonds is 5. The summed E-state index contributed by atoms with van der Waals surface area (Å²) in [4.78, 5) is 17.3. The van der Waals surface area contributed by atoms with Crippen LogP contribution in [-0.2, 0) is 0 Å². The SMILES string of the molecule is CCCN(CC)c1ncc(Br)cc1C(=O)O. The number of halogens is 1. The van der Waals surface area contributed by atoms with Crippen LogP contribution < -0.4 is 4.90 Å². The molecule has 0 aliphatic heterocycles. The molecule has 16 heavy (non-hydrogen) atoms. The molecule has 1 aromatic rings. The Balaban J connectivity index is 3.14. The highest BCUT2D eigenvalue weighted by molar-refractivity contribution is 9.10. The van der Waals surface area contributed by atoms with Crippen LogP contribution in [0.25, 0.3) is 0 Å². The standard InChI is InChI=1S/C11H15BrN2O2/c1-3-5-14(4-2)10-9(11(15)16)6-8(12)7-13-10/h6-7H,3-5H2,1-2H3,(H,15,16). The summed E-state index contributed by atoms with van der Waals surface area (Å²) < 4.78 is 0.682. The van der Waals surface area contributed by atoms with Gasteiger partial charge in [-0.1, -0.05) is 6.92 Å². The van der Waals surface area contributed by atoms with Crippen LogP contribution >= 0.6 is 15.9 Å². The number of carboxylic acid groups (broad SMARTS) is 1. The molecule has 4 nitrogen and oxygen atoms in total. The number of aromatic carboxylic acids is 1. The second-order valence-electron chi connectivity index (χ2n) is 3.41. The minimum atomic E-state index is -0.946. The number of carbonyl (C=O) groups is 1. The molecule has 0 bridgehead atoms. The van der Waals surface area contributed by atoms with Gasteiger partial charge in [-0.3, -0.25) is 0 Å². The summed E-state index contributed by atoms with van der Waals surface area (Å²) in [6.07, 6.45) is 2.59. The van der Waals surface area contributed by atoms with E-state index in [4.69, 9.17) is 5.11 Å². The van der Waals surface area contributed by atoms with E-state index in [-0.39, 0.29) is 5.56 Å². The first kappa shape index (κ1) is 13.0. The molecule has 0 saturated carbocycles. The van der Waals surface area contributed by atoms with Crippen LogP contribution in [-0.4, -0.2) is 29.1 Å². The number of pyridine rings is 1. The Bertz CT molecular complexity index is 382. The van der Waals surface area contributed by atoms with Crippen LogP contribution in [0.3, 0.4) is 0 Å². The van der Waals surface area contributed by atoms with Crippen molar-refractivity contribution in [3.63, 3.8) is 0 Å². The Morgan fingerprint density at radius 1 is 1.56 bits per heavy atom. The Labute approximate surface area is 103 Å². The second-order valence-corrected chi connectivity index (χ2v) is 4.33. The number of anilines is 1. The third kappa shape index (κ3) is 2.95. The number of carboxylic acids is 1. The Kier molecular flexibility index (Phi) is 4.73. The van der Waals surface area contributed by atoms with Crippen molar-refractivity contribution in [3.8, 4) is 0 Å². The first-order valence-electron chi connectivity index (χ1n) is 5.23. The van der Waals surface area contributed by atoms with E-state index >= 15 is 0 Å². The fourth-order valence-corrected chi connectivity index (χ4v) is 1.86. The summed E-state index contributed by atoms with van der Waals surface area (Å²) in [6, 6.07) is 1.59. The molecule has 5 heteroatoms. The van der Waals surface area contributed by atoms with Crippen molar-refractivity contribution in [2.24, 2.45) is 0 Å². The Hall–Kier alpha value is -1.10. The lowest BCUT2D eigenvalue weighted by Crippen LogP contribution is -2.26. The summed E-state index contributed by atoms with van der Waals surface area (Å²) in [6.45, 7) is 5.61. The molecule has 1 aromatic heterocycles. The van der Waals surface area contributed by atoms with E-state index in [1.807, 2.05) is 11.8 Å². The van der Waals surface area contributed by atoms with Gasteiger partial charge in [0.05, 0.1) is 0 Å². The quantitative estimate of drug-likeness (QED) is 0.904. The van der Waals surface area contributed by atoms with Gasteiger partial charge < -0.3 is 10.0 Å². The van der Waals surface area contributed by atoms with E-state index < -0.39 is 5.97 Å². The van der Waals surface area contributed by atoms with E-state index in [1.54, 1.807) is 12.3 Å². The van der Waals surface area contributed by atoms with Gasteiger partial charge in [-0.05, 0) is 35.3 Å². The van der Waals surface area contributed by atoms with Crippen molar-refractivity contribution >= 4 is 27.7 Å². The van der Waals surface area contributed by atoms with Crippen molar-refractivity contribution < 1.29 is 9.90 Å². The van der Waals surface area contributed by atoms with Crippen molar-refractivity contribution in [3.05, 3.63) is 22.3 Å². The molecule has 0 unspecified atom stereocenters. The van der Waals surface area contributed by atoms with E-state index in [1.165, 1.54) is 0 Å². The smallest absolute Gasteiger partial charge is 0.339 e. The molecule has 0 saturated heterocycles. The van der Waals surface area contributed by atoms with E-state index in [0.717, 1.165) is 19.5 Å². The maximum Gasteiger partial charge on any atom is 0.339 e. The lowest BCUT2D eigenvalue weighted by Gasteiger charge is -2.22. The summed E-state index contributed by atoms with van der Waals surface area (Å²) in [5, 5.41) is 9.12. The van der Waals surface area contributed by atoms with Crippen LogP contribution in [0.2, 0.25) is 0 Å². The molecule has 0 amide bonds. The lowest BCUT2D eigenvalue weighted by atomic mass is 10.2. The molecule has 1 rings (SSSR count). The highest BCUT2D eigenvalue weighted by Crippen LogP contribution is 2.21. The fourth-order valence-electron chi connectivity index (χ4n) is 1.53. The first-order valence-corrected chi connectivity index (χ1v) is 6.03. The van der Waals surface area contributed by atoms with Gasteiger partial charge in [0.25, 0.3) is 0 Å². The van der Waals surface area contributed by atoms with Crippen molar-refractivity contribution in [1.82, 2.24) is 4.98 Å². The minimum Gasteiger partial charge on any atom is -0.478 e. The average molecular weight is 287 g/mol. The molecule has 0 radical (unpaired) electrons. The molecule has 0 atom stereocenters. The number of hydrogen-bond acceptors (Lipinski definition) is 3. The van der Waals surface area contributed by atoms with Crippen LogP contribution in [0.4, 0.5) is 5.82 Å². The van der Waals surface area contributed by atoms with Crippen molar-refractivity contribution in [1.29, 1.82) is 0 Å². The zero-order valence-electron chi connectivity index (χ0n) is 9.40. The highest BCUT2D eigenvalue weighted by Gasteiger charge is 2.16. The van der Waals surface area contributed by atoms with Crippen molar-refractivity contribution in [2.75, 3.05) is 18.0 Å². The summed E-state index contributed by atoms with van der Waals surface area (Å²) in [7, 11) is 0. The molecule has 0 spiro atoms. The Morgan fingerprint density at radius 3 is 2.75 bits per heavy atom. The van der Waals surface area contributed by atoms with E-state index in [9.17, 15) is 4.79 Å². The highest BCUT2D eigenvalue weighted by atomic mass is 79.9. The van der Waals surface area contributed by atoms with Crippen LogP contribution in [0, 0.1) is 0 Å². The van der Waals surface area contributed by atoms with E-state index in [0.29, 0.717) is 10.3 Å². The fraction of sp³-hybridized carbons (Fsp3) is 0.455. The second kappa shape index (κ2) is 5.84. The molecule has 1 heterocycles. The minimum absolute atomic E-state index is 0.240. The van der Waals surface area contributed by atoms with Gasteiger partial charge in [-0.25, -0.2) is 9.78 Å². The van der Waals surface area contributed by atoms with Gasteiger partial charge >= 0.3 is 5.97 Å². The normalized spacial score (nSPS) is 10.2. The molecular formula is C11H15BrN2O2. The van der Waals surface area contributed by atoms with Crippen LogP contribution in [0.1, 0.15) is 30.6 Å². The van der Waals surface area contributed by atoms with Gasteiger partial charge in [-0.15, -0.1) is 0 Å². The lowest BCUT2D eigenvalue weighted by molar-refractivity contribution is 0.0697. The molecular weight excluding hydrogens is 272 g/mol. The van der Waals surface area contributed by atoms with Gasteiger partial charge in [0, 0.05) is 23.8 Å². The summed E-state index contributed by atoms with van der Waals surface area (Å²) in [5.74, 6) is -0.404. The topological polar surface area (TPSA) is 53.4 Å². The van der Waals surface area contributed by atoms with Gasteiger partial charge in [0.1, 0.15) is 11.4 Å². The Morgan fingerprint density at radius 2 is 2.25 bits per heavy atom. The molecule has 0 aromatic carbocycles. The summed E-state index contributed by atoms with van der Waals surface area (Å²) >= 11 is 3.23. The largest absolute Gasteiger partial charge is 0.478 e. The molecule has 1 N–H and O–H groups in total. The molecule has 88 valence electrons. The molecule has 0 aliphatic carbocycles. The maximum absolute atomic E-state index is 11.1. The van der Waals surface area contributed by atoms with Gasteiger partial charge in [0.2, 0.25) is 0 Å². The van der Waals surface area contributed by atoms with Crippen molar-refractivity contribution in [2.45, 2.75) is 20.3 Å². The monoisotopic (exact) mass is 286 g/mol. The number of nitrogens with zero attached hydrogens (tertiary/aromatic N) is 2. The summed E-state index contributed by atoms with van der Waals surface area (Å²) in [5.41, 5.74) is 0.240. The zero-order chi connectivity index (χ0) is 12.1. The van der Waals surface area contributed by atoms with Crippen LogP contribution in [0.15, 0.2) is 16.7 Å². The third-order valence-corrected chi connectivity index (χ3v) is 2.67. The number of aromatic nitrogens is 1.